The summed E-state index contributed by atoms with van der Waals surface area (Å²) >= 11 is 1.35. The Balaban J connectivity index is 3.23. The molecule has 0 fully saturated rings. The molecular weight excluding hydrogens is 417 g/mol. The van der Waals surface area contributed by atoms with Crippen LogP contribution in [0.3, 0.4) is 0 Å². The van der Waals surface area contributed by atoms with Gasteiger partial charge in [-0.15, -0.1) is 0 Å². The molecule has 0 aromatic heterocycles. The summed E-state index contributed by atoms with van der Waals surface area (Å²) < 4.78 is 98.0. The Bertz CT molecular complexity index is 577. The van der Waals surface area contributed by atoms with Crippen molar-refractivity contribution < 1.29 is 38.9 Å². The molecule has 0 N–H and O–H groups in total. The molecule has 0 aliphatic heterocycles. The van der Waals surface area contributed by atoms with Crippen molar-refractivity contribution in [3.63, 3.8) is 0 Å². The molecule has 0 heterocycles. The standard InChI is InChI=1S/C8H3F6IO3S/c9-7(10,11)4-1-2-5(15)6(3-4)18-19(16,17)8(12,13)14/h1-3H. The Labute approximate surface area is 116 Å². The van der Waals surface area contributed by atoms with E-state index in [4.69, 9.17) is 0 Å². The number of alkyl halides is 6. The van der Waals surface area contributed by atoms with Crippen LogP contribution in [0.2, 0.25) is 0 Å². The van der Waals surface area contributed by atoms with Gasteiger partial charge in [-0.05, 0) is 40.8 Å². The maximum atomic E-state index is 12.3. The fraction of sp³-hybridized carbons (Fsp3) is 0.250. The van der Waals surface area contributed by atoms with Gasteiger partial charge in [0.1, 0.15) is 0 Å². The summed E-state index contributed by atoms with van der Waals surface area (Å²) in [5.74, 6) is -1.03. The molecule has 0 aliphatic carbocycles. The lowest BCUT2D eigenvalue weighted by Crippen LogP contribution is -2.28. The van der Waals surface area contributed by atoms with Crippen LogP contribution < -0.4 is 4.18 Å². The lowest BCUT2D eigenvalue weighted by atomic mass is 10.2. The van der Waals surface area contributed by atoms with E-state index in [1.165, 1.54) is 22.6 Å². The molecule has 0 bridgehead atoms. The van der Waals surface area contributed by atoms with E-state index in [-0.39, 0.29) is 9.64 Å². The molecule has 1 aromatic carbocycles. The zero-order valence-corrected chi connectivity index (χ0v) is 11.5. The van der Waals surface area contributed by atoms with Gasteiger partial charge in [-0.2, -0.15) is 34.8 Å². The smallest absolute Gasteiger partial charge is 0.375 e. The lowest BCUT2D eigenvalue weighted by molar-refractivity contribution is -0.137. The van der Waals surface area contributed by atoms with E-state index in [1.54, 1.807) is 0 Å². The first-order valence-electron chi connectivity index (χ1n) is 4.22. The van der Waals surface area contributed by atoms with Crippen LogP contribution in [0, 0.1) is 3.57 Å². The molecule has 1 aromatic rings. The predicted molar refractivity (Wildman–Crippen MR) is 59.8 cm³/mol. The van der Waals surface area contributed by atoms with E-state index in [1.807, 2.05) is 0 Å². The average Bonchev–Trinajstić information content (AvgIpc) is 2.17. The first kappa shape index (κ1) is 16.3. The van der Waals surface area contributed by atoms with Gasteiger partial charge in [0.15, 0.2) is 5.75 Å². The molecule has 0 saturated heterocycles. The average molecular weight is 420 g/mol. The van der Waals surface area contributed by atoms with Gasteiger partial charge >= 0.3 is 21.8 Å². The number of benzene rings is 1. The number of rotatable bonds is 2. The highest BCUT2D eigenvalue weighted by Crippen LogP contribution is 2.35. The third-order valence-electron chi connectivity index (χ3n) is 1.74. The highest BCUT2D eigenvalue weighted by molar-refractivity contribution is 14.1. The van der Waals surface area contributed by atoms with Crippen LogP contribution in [-0.2, 0) is 16.3 Å². The minimum Gasteiger partial charge on any atom is -0.375 e. The summed E-state index contributed by atoms with van der Waals surface area (Å²) in [6.07, 6.45) is -4.83. The van der Waals surface area contributed by atoms with Crippen molar-refractivity contribution in [1.82, 2.24) is 0 Å². The SMILES string of the molecule is O=S(=O)(Oc1cc(C(F)(F)F)ccc1I)C(F)(F)F. The number of halogens is 7. The summed E-state index contributed by atoms with van der Waals surface area (Å²) in [6.45, 7) is 0. The Kier molecular flexibility index (Phi) is 4.29. The Morgan fingerprint density at radius 2 is 1.58 bits per heavy atom. The fourth-order valence-corrected chi connectivity index (χ4v) is 1.97. The molecule has 11 heteroatoms. The first-order valence-corrected chi connectivity index (χ1v) is 6.71. The second-order valence-electron chi connectivity index (χ2n) is 3.13. The normalized spacial score (nSPS) is 13.4. The molecule has 0 amide bonds. The van der Waals surface area contributed by atoms with E-state index in [0.717, 1.165) is 6.07 Å². The molecule has 0 unspecified atom stereocenters. The maximum absolute atomic E-state index is 12.3. The van der Waals surface area contributed by atoms with Crippen LogP contribution in [0.25, 0.3) is 0 Å². The third-order valence-corrected chi connectivity index (χ3v) is 3.60. The van der Waals surface area contributed by atoms with Crippen LogP contribution in [0.15, 0.2) is 18.2 Å². The molecular formula is C8H3F6IO3S. The van der Waals surface area contributed by atoms with Gasteiger partial charge in [-0.25, -0.2) is 0 Å². The van der Waals surface area contributed by atoms with Crippen LogP contribution in [0.5, 0.6) is 5.75 Å². The van der Waals surface area contributed by atoms with Crippen LogP contribution in [-0.4, -0.2) is 13.9 Å². The van der Waals surface area contributed by atoms with Crippen molar-refractivity contribution in [2.45, 2.75) is 11.7 Å². The van der Waals surface area contributed by atoms with Crippen molar-refractivity contribution in [2.75, 3.05) is 0 Å². The van der Waals surface area contributed by atoms with Crippen molar-refractivity contribution in [3.8, 4) is 5.75 Å². The molecule has 0 atom stereocenters. The second-order valence-corrected chi connectivity index (χ2v) is 5.83. The van der Waals surface area contributed by atoms with Crippen LogP contribution in [0.4, 0.5) is 26.3 Å². The highest BCUT2D eigenvalue weighted by atomic mass is 127. The van der Waals surface area contributed by atoms with Gasteiger partial charge in [0.2, 0.25) is 0 Å². The zero-order chi connectivity index (χ0) is 15.1. The van der Waals surface area contributed by atoms with Gasteiger partial charge in [0.25, 0.3) is 0 Å². The van der Waals surface area contributed by atoms with E-state index in [9.17, 15) is 34.8 Å². The zero-order valence-electron chi connectivity index (χ0n) is 8.51. The first-order chi connectivity index (χ1) is 8.34. The van der Waals surface area contributed by atoms with Gasteiger partial charge in [0.05, 0.1) is 9.13 Å². The molecule has 1 rings (SSSR count). The summed E-state index contributed by atoms with van der Waals surface area (Å²) in [7, 11) is -6.01. The monoisotopic (exact) mass is 420 g/mol. The van der Waals surface area contributed by atoms with Crippen molar-refractivity contribution in [3.05, 3.63) is 27.3 Å². The Hall–Kier alpha value is -0.720. The lowest BCUT2D eigenvalue weighted by Gasteiger charge is -2.13. The van der Waals surface area contributed by atoms with Crippen molar-refractivity contribution >= 4 is 32.7 Å². The van der Waals surface area contributed by atoms with Crippen molar-refractivity contribution in [1.29, 1.82) is 0 Å². The van der Waals surface area contributed by atoms with E-state index in [0.29, 0.717) is 6.07 Å². The second kappa shape index (κ2) is 5.00. The number of hydrogen-bond acceptors (Lipinski definition) is 3. The summed E-state index contributed by atoms with van der Waals surface area (Å²) in [6, 6.07) is 1.57. The highest BCUT2D eigenvalue weighted by Gasteiger charge is 2.49. The van der Waals surface area contributed by atoms with Gasteiger partial charge in [-0.3, -0.25) is 0 Å². The van der Waals surface area contributed by atoms with Gasteiger partial charge in [0, 0.05) is 0 Å². The summed E-state index contributed by atoms with van der Waals surface area (Å²) in [4.78, 5) is 0. The summed E-state index contributed by atoms with van der Waals surface area (Å²) in [5.41, 5.74) is -7.04. The molecule has 3 nitrogen and oxygen atoms in total. The predicted octanol–water partition coefficient (Wildman–Crippen LogP) is 3.54. The number of hydrogen-bond donors (Lipinski definition) is 0. The molecule has 0 radical (unpaired) electrons. The molecule has 0 saturated carbocycles. The third kappa shape index (κ3) is 3.87. The van der Waals surface area contributed by atoms with Crippen LogP contribution in [0.1, 0.15) is 5.56 Å². The van der Waals surface area contributed by atoms with E-state index < -0.39 is 33.1 Å². The Morgan fingerprint density at radius 1 is 1.05 bits per heavy atom. The topological polar surface area (TPSA) is 43.4 Å². The van der Waals surface area contributed by atoms with Gasteiger partial charge < -0.3 is 4.18 Å². The minimum absolute atomic E-state index is 0.186. The quantitative estimate of drug-likeness (QED) is 0.318. The van der Waals surface area contributed by atoms with Crippen molar-refractivity contribution in [2.24, 2.45) is 0 Å². The van der Waals surface area contributed by atoms with Crippen LogP contribution >= 0.6 is 22.6 Å². The Morgan fingerprint density at radius 3 is 2.00 bits per heavy atom. The molecule has 0 spiro atoms. The summed E-state index contributed by atoms with van der Waals surface area (Å²) in [5, 5.41) is 0. The maximum Gasteiger partial charge on any atom is 0.534 e. The fourth-order valence-electron chi connectivity index (χ4n) is 0.909. The largest absolute Gasteiger partial charge is 0.534 e. The minimum atomic E-state index is -6.01. The van der Waals surface area contributed by atoms with Gasteiger partial charge in [-0.1, -0.05) is 0 Å². The van der Waals surface area contributed by atoms with E-state index >= 15 is 0 Å². The molecule has 108 valence electrons. The molecule has 0 aliphatic rings. The van der Waals surface area contributed by atoms with E-state index in [2.05, 4.69) is 4.18 Å². The molecule has 19 heavy (non-hydrogen) atoms.